The van der Waals surface area contributed by atoms with E-state index in [2.05, 4.69) is 26.2 Å². The summed E-state index contributed by atoms with van der Waals surface area (Å²) in [6, 6.07) is 19.9. The summed E-state index contributed by atoms with van der Waals surface area (Å²) < 4.78 is 6.35. The van der Waals surface area contributed by atoms with Crippen molar-refractivity contribution in [1.82, 2.24) is 4.98 Å². The lowest BCUT2D eigenvalue weighted by molar-refractivity contribution is -0.119. The zero-order valence-corrected chi connectivity index (χ0v) is 20.3. The summed E-state index contributed by atoms with van der Waals surface area (Å²) >= 11 is 9.50. The molecule has 0 aliphatic rings. The molecule has 1 aromatic heterocycles. The van der Waals surface area contributed by atoms with E-state index in [-0.39, 0.29) is 0 Å². The van der Waals surface area contributed by atoms with Gasteiger partial charge in [-0.25, -0.2) is 9.78 Å². The summed E-state index contributed by atoms with van der Waals surface area (Å²) in [6.07, 6.45) is 0. The summed E-state index contributed by atoms with van der Waals surface area (Å²) in [5, 5.41) is 4.04. The largest absolute Gasteiger partial charge is 0.452 e. The van der Waals surface area contributed by atoms with Gasteiger partial charge in [-0.15, -0.1) is 0 Å². The van der Waals surface area contributed by atoms with Crippen molar-refractivity contribution in [3.8, 4) is 11.3 Å². The summed E-state index contributed by atoms with van der Waals surface area (Å²) in [4.78, 5) is 30.0. The van der Waals surface area contributed by atoms with Crippen LogP contribution in [0, 0.1) is 13.8 Å². The Morgan fingerprint density at radius 3 is 2.36 bits per heavy atom. The number of esters is 1. The average Bonchev–Trinajstić information content (AvgIpc) is 2.80. The Bertz CT molecular complexity index is 1350. The molecule has 7 heteroatoms. The van der Waals surface area contributed by atoms with Gasteiger partial charge in [-0.3, -0.25) is 4.79 Å². The zero-order valence-electron chi connectivity index (χ0n) is 18.0. The highest BCUT2D eigenvalue weighted by molar-refractivity contribution is 9.10. The van der Waals surface area contributed by atoms with Crippen LogP contribution in [0.5, 0.6) is 0 Å². The number of para-hydroxylation sites is 1. The van der Waals surface area contributed by atoms with E-state index in [1.165, 1.54) is 0 Å². The molecule has 166 valence electrons. The highest BCUT2D eigenvalue weighted by atomic mass is 79.9. The monoisotopic (exact) mass is 522 g/mol. The molecule has 0 aliphatic heterocycles. The van der Waals surface area contributed by atoms with Gasteiger partial charge in [0, 0.05) is 26.1 Å². The zero-order chi connectivity index (χ0) is 23.5. The van der Waals surface area contributed by atoms with Gasteiger partial charge in [0.2, 0.25) is 0 Å². The van der Waals surface area contributed by atoms with Gasteiger partial charge < -0.3 is 10.1 Å². The molecule has 0 atom stereocenters. The molecular weight excluding hydrogens is 504 g/mol. The van der Waals surface area contributed by atoms with Gasteiger partial charge in [-0.2, -0.15) is 0 Å². The number of aryl methyl sites for hydroxylation is 2. The number of rotatable bonds is 5. The number of fused-ring (bicyclic) bond motifs is 1. The molecule has 0 saturated heterocycles. The molecule has 1 heterocycles. The van der Waals surface area contributed by atoms with Crippen LogP contribution in [-0.4, -0.2) is 23.5 Å². The van der Waals surface area contributed by atoms with Crippen molar-refractivity contribution in [1.29, 1.82) is 0 Å². The third-order valence-corrected chi connectivity index (χ3v) is 6.63. The van der Waals surface area contributed by atoms with Crippen molar-refractivity contribution >= 4 is 56.0 Å². The molecule has 0 radical (unpaired) electrons. The SMILES string of the molecule is Cc1cc(NC(=O)COC(=O)c2cc(-c3ccc(Cl)cc3)nc3ccccc23)cc(C)c1Br. The van der Waals surface area contributed by atoms with Gasteiger partial charge >= 0.3 is 5.97 Å². The molecule has 0 spiro atoms. The lowest BCUT2D eigenvalue weighted by atomic mass is 10.0. The maximum atomic E-state index is 12.9. The van der Waals surface area contributed by atoms with Crippen LogP contribution in [0.15, 0.2) is 71.2 Å². The third kappa shape index (κ3) is 5.24. The van der Waals surface area contributed by atoms with E-state index in [4.69, 9.17) is 16.3 Å². The number of hydrogen-bond donors (Lipinski definition) is 1. The molecule has 0 fully saturated rings. The number of hydrogen-bond acceptors (Lipinski definition) is 4. The number of nitrogens with one attached hydrogen (secondary N) is 1. The molecule has 0 unspecified atom stereocenters. The van der Waals surface area contributed by atoms with Gasteiger partial charge in [0.1, 0.15) is 0 Å². The minimum atomic E-state index is -0.595. The van der Waals surface area contributed by atoms with Crippen LogP contribution in [0.3, 0.4) is 0 Å². The van der Waals surface area contributed by atoms with Crippen molar-refractivity contribution in [2.45, 2.75) is 13.8 Å². The number of carbonyl (C=O) groups excluding carboxylic acids is 2. The Labute approximate surface area is 204 Å². The van der Waals surface area contributed by atoms with Crippen LogP contribution < -0.4 is 5.32 Å². The molecule has 1 N–H and O–H groups in total. The summed E-state index contributed by atoms with van der Waals surface area (Å²) in [6.45, 7) is 3.49. The second-order valence-corrected chi connectivity index (χ2v) is 8.86. The standard InChI is InChI=1S/C26H20BrClN2O3/c1-15-11-19(12-16(2)25(15)27)29-24(31)14-33-26(32)21-13-23(17-7-9-18(28)10-8-17)30-22-6-4-3-5-20(21)22/h3-13H,14H2,1-2H3,(H,29,31). The lowest BCUT2D eigenvalue weighted by Crippen LogP contribution is -2.21. The first-order valence-corrected chi connectivity index (χ1v) is 11.4. The van der Waals surface area contributed by atoms with Gasteiger partial charge in [0.05, 0.1) is 16.8 Å². The molecule has 1 amide bonds. The molecule has 0 aliphatic carbocycles. The van der Waals surface area contributed by atoms with Gasteiger partial charge in [-0.1, -0.05) is 57.9 Å². The van der Waals surface area contributed by atoms with Crippen LogP contribution >= 0.6 is 27.5 Å². The van der Waals surface area contributed by atoms with E-state index in [1.54, 1.807) is 24.3 Å². The predicted molar refractivity (Wildman–Crippen MR) is 135 cm³/mol. The highest BCUT2D eigenvalue weighted by Crippen LogP contribution is 2.27. The maximum absolute atomic E-state index is 12.9. The van der Waals surface area contributed by atoms with E-state index in [0.717, 1.165) is 21.2 Å². The van der Waals surface area contributed by atoms with E-state index in [1.807, 2.05) is 56.3 Å². The van der Waals surface area contributed by atoms with Crippen molar-refractivity contribution in [3.05, 3.63) is 92.9 Å². The molecule has 3 aromatic carbocycles. The number of aromatic nitrogens is 1. The fraction of sp³-hybridized carbons (Fsp3) is 0.115. The van der Waals surface area contributed by atoms with Crippen LogP contribution in [0.4, 0.5) is 5.69 Å². The predicted octanol–water partition coefficient (Wildman–Crippen LogP) is 6.73. The number of amides is 1. The van der Waals surface area contributed by atoms with Crippen LogP contribution in [0.25, 0.3) is 22.2 Å². The normalized spacial score (nSPS) is 10.8. The maximum Gasteiger partial charge on any atom is 0.339 e. The Kier molecular flexibility index (Phi) is 6.77. The van der Waals surface area contributed by atoms with Crippen LogP contribution in [0.1, 0.15) is 21.5 Å². The van der Waals surface area contributed by atoms with Gasteiger partial charge in [0.15, 0.2) is 6.61 Å². The second-order valence-electron chi connectivity index (χ2n) is 7.63. The number of halogens is 2. The summed E-state index contributed by atoms with van der Waals surface area (Å²) in [5.74, 6) is -1.01. The lowest BCUT2D eigenvalue weighted by Gasteiger charge is -2.12. The van der Waals surface area contributed by atoms with Crippen molar-refractivity contribution in [2.24, 2.45) is 0 Å². The van der Waals surface area contributed by atoms with Crippen molar-refractivity contribution in [3.63, 3.8) is 0 Å². The molecule has 4 rings (SSSR count). The first-order valence-electron chi connectivity index (χ1n) is 10.2. The fourth-order valence-corrected chi connectivity index (χ4v) is 3.89. The molecule has 5 nitrogen and oxygen atoms in total. The van der Waals surface area contributed by atoms with Gasteiger partial charge in [0.25, 0.3) is 5.91 Å². The highest BCUT2D eigenvalue weighted by Gasteiger charge is 2.17. The number of nitrogens with zero attached hydrogens (tertiary/aromatic N) is 1. The van der Waals surface area contributed by atoms with E-state index in [0.29, 0.717) is 32.9 Å². The first-order chi connectivity index (χ1) is 15.8. The van der Waals surface area contributed by atoms with Crippen LogP contribution in [0.2, 0.25) is 5.02 Å². The fourth-order valence-electron chi connectivity index (χ4n) is 3.54. The molecule has 0 bridgehead atoms. The minimum absolute atomic E-state index is 0.341. The topological polar surface area (TPSA) is 68.3 Å². The minimum Gasteiger partial charge on any atom is -0.452 e. The Hall–Kier alpha value is -3.22. The number of carbonyl (C=O) groups is 2. The Morgan fingerprint density at radius 2 is 1.67 bits per heavy atom. The molecule has 4 aromatic rings. The van der Waals surface area contributed by atoms with Crippen LogP contribution in [-0.2, 0) is 9.53 Å². The summed E-state index contributed by atoms with van der Waals surface area (Å²) in [5.41, 5.74) is 5.07. The van der Waals surface area contributed by atoms with Crippen molar-refractivity contribution in [2.75, 3.05) is 11.9 Å². The average molecular weight is 524 g/mol. The molecule has 0 saturated carbocycles. The number of ether oxygens (including phenoxy) is 1. The number of benzene rings is 3. The molecular formula is C26H20BrClN2O3. The van der Waals surface area contributed by atoms with Crippen molar-refractivity contribution < 1.29 is 14.3 Å². The van der Waals surface area contributed by atoms with E-state index in [9.17, 15) is 9.59 Å². The Morgan fingerprint density at radius 1 is 1.00 bits per heavy atom. The van der Waals surface area contributed by atoms with E-state index >= 15 is 0 Å². The first kappa shape index (κ1) is 23.0. The smallest absolute Gasteiger partial charge is 0.339 e. The molecule has 33 heavy (non-hydrogen) atoms. The summed E-state index contributed by atoms with van der Waals surface area (Å²) in [7, 11) is 0. The van der Waals surface area contributed by atoms with E-state index < -0.39 is 18.5 Å². The number of anilines is 1. The third-order valence-electron chi connectivity index (χ3n) is 5.13. The van der Waals surface area contributed by atoms with Gasteiger partial charge in [-0.05, 0) is 61.4 Å². The Balaban J connectivity index is 1.55. The quantitative estimate of drug-likeness (QED) is 0.295. The number of pyridine rings is 1. The second kappa shape index (κ2) is 9.73.